The Morgan fingerprint density at radius 2 is 1.83 bits per heavy atom. The molecule has 102 valence electrons. The molecule has 4 nitrogen and oxygen atoms in total. The molecule has 0 radical (unpaired) electrons. The molecule has 0 fully saturated rings. The van der Waals surface area contributed by atoms with E-state index >= 15 is 0 Å². The molecule has 0 saturated heterocycles. The van der Waals surface area contributed by atoms with Gasteiger partial charge in [0.25, 0.3) is 0 Å². The van der Waals surface area contributed by atoms with E-state index in [9.17, 15) is 8.42 Å². The second kappa shape index (κ2) is 6.75. The fourth-order valence-electron chi connectivity index (χ4n) is 1.48. The SMILES string of the molecule is CC[C@@H](N)c1ccc(OCCS(=O)(=O)CC)cc1. The minimum absolute atomic E-state index is 0.0412. The topological polar surface area (TPSA) is 69.4 Å². The third-order valence-corrected chi connectivity index (χ3v) is 4.52. The summed E-state index contributed by atoms with van der Waals surface area (Å²) in [5.41, 5.74) is 6.96. The van der Waals surface area contributed by atoms with E-state index in [1.165, 1.54) is 0 Å². The molecule has 0 heterocycles. The molecule has 0 saturated carbocycles. The fraction of sp³-hybridized carbons (Fsp3) is 0.538. The van der Waals surface area contributed by atoms with Crippen LogP contribution in [0.1, 0.15) is 31.9 Å². The molecule has 2 N–H and O–H groups in total. The summed E-state index contributed by atoms with van der Waals surface area (Å²) in [5.74, 6) is 0.883. The van der Waals surface area contributed by atoms with Crippen LogP contribution < -0.4 is 10.5 Å². The van der Waals surface area contributed by atoms with Gasteiger partial charge in [0, 0.05) is 11.8 Å². The van der Waals surface area contributed by atoms with Crippen LogP contribution >= 0.6 is 0 Å². The van der Waals surface area contributed by atoms with E-state index in [0.717, 1.165) is 12.0 Å². The average molecular weight is 271 g/mol. The molecular weight excluding hydrogens is 250 g/mol. The zero-order valence-electron chi connectivity index (χ0n) is 10.9. The van der Waals surface area contributed by atoms with Crippen molar-refractivity contribution in [1.29, 1.82) is 0 Å². The zero-order chi connectivity index (χ0) is 13.6. The van der Waals surface area contributed by atoms with Crippen molar-refractivity contribution in [3.05, 3.63) is 29.8 Å². The van der Waals surface area contributed by atoms with Crippen LogP contribution in [-0.2, 0) is 9.84 Å². The van der Waals surface area contributed by atoms with Crippen molar-refractivity contribution in [3.8, 4) is 5.75 Å². The number of benzene rings is 1. The summed E-state index contributed by atoms with van der Waals surface area (Å²) in [6.45, 7) is 3.86. The highest BCUT2D eigenvalue weighted by Crippen LogP contribution is 2.18. The Bertz CT molecular complexity index is 454. The first-order valence-electron chi connectivity index (χ1n) is 6.17. The molecule has 1 atom stereocenters. The molecule has 0 spiro atoms. The van der Waals surface area contributed by atoms with Crippen LogP contribution in [0, 0.1) is 0 Å². The van der Waals surface area contributed by atoms with Gasteiger partial charge in [-0.25, -0.2) is 8.42 Å². The molecular formula is C13H21NO3S. The van der Waals surface area contributed by atoms with Gasteiger partial charge in [-0.3, -0.25) is 0 Å². The molecule has 0 amide bonds. The minimum atomic E-state index is -2.96. The lowest BCUT2D eigenvalue weighted by Gasteiger charge is -2.10. The first-order valence-corrected chi connectivity index (χ1v) is 7.99. The van der Waals surface area contributed by atoms with Crippen molar-refractivity contribution in [1.82, 2.24) is 0 Å². The van der Waals surface area contributed by atoms with Crippen LogP contribution in [-0.4, -0.2) is 26.5 Å². The van der Waals surface area contributed by atoms with Gasteiger partial charge in [-0.15, -0.1) is 0 Å². The molecule has 0 aromatic heterocycles. The molecule has 1 aromatic rings. The fourth-order valence-corrected chi connectivity index (χ4v) is 2.10. The van der Waals surface area contributed by atoms with E-state index in [4.69, 9.17) is 10.5 Å². The smallest absolute Gasteiger partial charge is 0.153 e. The predicted molar refractivity (Wildman–Crippen MR) is 73.5 cm³/mol. The summed E-state index contributed by atoms with van der Waals surface area (Å²) >= 11 is 0. The maximum Gasteiger partial charge on any atom is 0.153 e. The molecule has 0 aliphatic rings. The van der Waals surface area contributed by atoms with Gasteiger partial charge in [-0.05, 0) is 24.1 Å². The van der Waals surface area contributed by atoms with E-state index in [1.54, 1.807) is 6.92 Å². The molecule has 0 aliphatic carbocycles. The summed E-state index contributed by atoms with van der Waals surface area (Å²) in [4.78, 5) is 0. The first kappa shape index (κ1) is 15.0. The number of sulfone groups is 1. The largest absolute Gasteiger partial charge is 0.493 e. The highest BCUT2D eigenvalue weighted by atomic mass is 32.2. The van der Waals surface area contributed by atoms with Crippen LogP contribution in [0.3, 0.4) is 0 Å². The van der Waals surface area contributed by atoms with Gasteiger partial charge in [0.2, 0.25) is 0 Å². The number of nitrogens with two attached hydrogens (primary N) is 1. The molecule has 0 bridgehead atoms. The van der Waals surface area contributed by atoms with Gasteiger partial charge >= 0.3 is 0 Å². The van der Waals surface area contributed by atoms with Crippen LogP contribution in [0.4, 0.5) is 0 Å². The quantitative estimate of drug-likeness (QED) is 0.822. The first-order chi connectivity index (χ1) is 8.48. The molecule has 0 aliphatic heterocycles. The summed E-state index contributed by atoms with van der Waals surface area (Å²) in [6.07, 6.45) is 0.884. The molecule has 5 heteroatoms. The molecule has 0 unspecified atom stereocenters. The van der Waals surface area contributed by atoms with Gasteiger partial charge in [0.05, 0.1) is 5.75 Å². The van der Waals surface area contributed by atoms with Crippen molar-refractivity contribution in [2.45, 2.75) is 26.3 Å². The standard InChI is InChI=1S/C13H21NO3S/c1-3-13(14)11-5-7-12(8-6-11)17-9-10-18(15,16)4-2/h5-8,13H,3-4,9-10,14H2,1-2H3/t13-/m1/s1. The van der Waals surface area contributed by atoms with Gasteiger partial charge in [-0.1, -0.05) is 26.0 Å². The maximum atomic E-state index is 11.3. The lowest BCUT2D eigenvalue weighted by atomic mass is 10.1. The molecule has 1 aromatic carbocycles. The summed E-state index contributed by atoms with van der Waals surface area (Å²) in [6, 6.07) is 7.52. The average Bonchev–Trinajstić information content (AvgIpc) is 2.38. The number of hydrogen-bond acceptors (Lipinski definition) is 4. The summed E-state index contributed by atoms with van der Waals surface area (Å²) in [7, 11) is -2.96. The van der Waals surface area contributed by atoms with Crippen LogP contribution in [0.15, 0.2) is 24.3 Å². The Hall–Kier alpha value is -1.07. The normalized spacial score (nSPS) is 13.3. The molecule has 1 rings (SSSR count). The van der Waals surface area contributed by atoms with Crippen LogP contribution in [0.2, 0.25) is 0 Å². The Kier molecular flexibility index (Phi) is 5.62. The second-order valence-corrected chi connectivity index (χ2v) is 6.64. The zero-order valence-corrected chi connectivity index (χ0v) is 11.7. The van der Waals surface area contributed by atoms with E-state index in [1.807, 2.05) is 31.2 Å². The molecule has 18 heavy (non-hydrogen) atoms. The van der Waals surface area contributed by atoms with E-state index in [0.29, 0.717) is 5.75 Å². The Labute approximate surface area is 109 Å². The lowest BCUT2D eigenvalue weighted by Crippen LogP contribution is -2.15. The van der Waals surface area contributed by atoms with E-state index in [-0.39, 0.29) is 24.2 Å². The maximum absolute atomic E-state index is 11.3. The van der Waals surface area contributed by atoms with Crippen LogP contribution in [0.25, 0.3) is 0 Å². The van der Waals surface area contributed by atoms with Crippen molar-refractivity contribution in [3.63, 3.8) is 0 Å². The van der Waals surface area contributed by atoms with Crippen molar-refractivity contribution in [2.24, 2.45) is 5.73 Å². The summed E-state index contributed by atoms with van der Waals surface area (Å²) < 4.78 is 27.9. The third kappa shape index (κ3) is 4.66. The van der Waals surface area contributed by atoms with Crippen molar-refractivity contribution in [2.75, 3.05) is 18.1 Å². The lowest BCUT2D eigenvalue weighted by molar-refractivity contribution is 0.340. The Morgan fingerprint density at radius 1 is 1.22 bits per heavy atom. The van der Waals surface area contributed by atoms with E-state index in [2.05, 4.69) is 0 Å². The van der Waals surface area contributed by atoms with Crippen molar-refractivity contribution >= 4 is 9.84 Å². The Balaban J connectivity index is 2.50. The van der Waals surface area contributed by atoms with Crippen molar-refractivity contribution < 1.29 is 13.2 Å². The number of rotatable bonds is 7. The van der Waals surface area contributed by atoms with Gasteiger partial charge in [0.15, 0.2) is 9.84 Å². The van der Waals surface area contributed by atoms with Gasteiger partial charge in [0.1, 0.15) is 12.4 Å². The summed E-state index contributed by atoms with van der Waals surface area (Å²) in [5, 5.41) is 0. The predicted octanol–water partition coefficient (Wildman–Crippen LogP) is 1.91. The second-order valence-electron chi connectivity index (χ2n) is 4.17. The highest BCUT2D eigenvalue weighted by Gasteiger charge is 2.07. The van der Waals surface area contributed by atoms with E-state index < -0.39 is 9.84 Å². The Morgan fingerprint density at radius 3 is 2.33 bits per heavy atom. The third-order valence-electron chi connectivity index (χ3n) is 2.85. The number of ether oxygens (including phenoxy) is 1. The number of hydrogen-bond donors (Lipinski definition) is 1. The minimum Gasteiger partial charge on any atom is -0.493 e. The van der Waals surface area contributed by atoms with Gasteiger partial charge in [-0.2, -0.15) is 0 Å². The van der Waals surface area contributed by atoms with Gasteiger partial charge < -0.3 is 10.5 Å². The highest BCUT2D eigenvalue weighted by molar-refractivity contribution is 7.91. The van der Waals surface area contributed by atoms with Crippen LogP contribution in [0.5, 0.6) is 5.75 Å². The monoisotopic (exact) mass is 271 g/mol.